The molecule has 0 heterocycles. The summed E-state index contributed by atoms with van der Waals surface area (Å²) in [6, 6.07) is 6.75. The van der Waals surface area contributed by atoms with E-state index in [-0.39, 0.29) is 12.1 Å². The number of sulfone groups is 1. The van der Waals surface area contributed by atoms with E-state index in [0.717, 1.165) is 12.3 Å². The number of hydrogen-bond acceptors (Lipinski definition) is 7. The van der Waals surface area contributed by atoms with Gasteiger partial charge in [0, 0.05) is 18.9 Å². The lowest BCUT2D eigenvalue weighted by Gasteiger charge is -2.15. The number of nitrogens with zero attached hydrogens (tertiary/aromatic N) is 2. The molecule has 0 bridgehead atoms. The smallest absolute Gasteiger partial charge is 0.282 e. The van der Waals surface area contributed by atoms with Crippen molar-refractivity contribution in [1.82, 2.24) is 10.6 Å². The summed E-state index contributed by atoms with van der Waals surface area (Å²) in [4.78, 5) is 34.0. The van der Waals surface area contributed by atoms with Crippen molar-refractivity contribution in [2.45, 2.75) is 5.25 Å². The van der Waals surface area contributed by atoms with Crippen LogP contribution in [0.3, 0.4) is 0 Å². The molecule has 0 radical (unpaired) electrons. The quantitative estimate of drug-likeness (QED) is 0.375. The highest BCUT2D eigenvalue weighted by atomic mass is 32.2. The van der Waals surface area contributed by atoms with E-state index >= 15 is 0 Å². The number of para-hydroxylation sites is 1. The van der Waals surface area contributed by atoms with Gasteiger partial charge in [0.1, 0.15) is 12.1 Å². The lowest BCUT2D eigenvalue weighted by molar-refractivity contribution is -0.385. The summed E-state index contributed by atoms with van der Waals surface area (Å²) in [5, 5.41) is 22.0. The van der Waals surface area contributed by atoms with Crippen LogP contribution in [0.5, 0.6) is 0 Å². The van der Waals surface area contributed by atoms with Crippen molar-refractivity contribution in [3.63, 3.8) is 0 Å². The van der Waals surface area contributed by atoms with Crippen molar-refractivity contribution < 1.29 is 22.9 Å². The molecule has 1 rings (SSSR count). The predicted octanol–water partition coefficient (Wildman–Crippen LogP) is -0.622. The van der Waals surface area contributed by atoms with E-state index in [4.69, 9.17) is 5.26 Å². The molecule has 0 saturated carbocycles. The average molecular weight is 354 g/mol. The van der Waals surface area contributed by atoms with Gasteiger partial charge < -0.3 is 10.6 Å². The summed E-state index contributed by atoms with van der Waals surface area (Å²) in [6.45, 7) is -0.968. The maximum absolute atomic E-state index is 12.0. The fourth-order valence-corrected chi connectivity index (χ4v) is 2.64. The molecule has 0 fully saturated rings. The van der Waals surface area contributed by atoms with Gasteiger partial charge in [-0.2, -0.15) is 5.26 Å². The second-order valence-corrected chi connectivity index (χ2v) is 6.91. The third-order valence-electron chi connectivity index (χ3n) is 2.94. The Kier molecular flexibility index (Phi) is 6.37. The molecule has 0 aromatic heterocycles. The SMILES string of the molecule is CS(=O)(=O)C(CNC(=O)c1ccccc1[N+](=O)[O-])C(=O)NCC#N. The van der Waals surface area contributed by atoms with Gasteiger partial charge in [0.2, 0.25) is 5.91 Å². The highest BCUT2D eigenvalue weighted by Crippen LogP contribution is 2.17. The van der Waals surface area contributed by atoms with E-state index in [1.807, 2.05) is 0 Å². The number of nitro groups is 1. The molecular weight excluding hydrogens is 340 g/mol. The van der Waals surface area contributed by atoms with Gasteiger partial charge >= 0.3 is 0 Å². The Labute approximate surface area is 137 Å². The van der Waals surface area contributed by atoms with Gasteiger partial charge in [-0.1, -0.05) is 12.1 Å². The Morgan fingerprint density at radius 1 is 1.33 bits per heavy atom. The zero-order chi connectivity index (χ0) is 18.3. The molecule has 0 aliphatic rings. The molecule has 24 heavy (non-hydrogen) atoms. The normalized spacial score (nSPS) is 11.8. The molecule has 1 atom stereocenters. The Bertz CT molecular complexity index is 799. The summed E-state index contributed by atoms with van der Waals surface area (Å²) in [7, 11) is -3.87. The van der Waals surface area contributed by atoms with Gasteiger partial charge in [-0.25, -0.2) is 8.42 Å². The first kappa shape index (κ1) is 19.0. The third-order valence-corrected chi connectivity index (χ3v) is 4.36. The van der Waals surface area contributed by atoms with Gasteiger partial charge in [-0.3, -0.25) is 19.7 Å². The molecule has 10 nitrogen and oxygen atoms in total. The van der Waals surface area contributed by atoms with Crippen LogP contribution in [-0.2, 0) is 14.6 Å². The van der Waals surface area contributed by atoms with Crippen molar-refractivity contribution in [3.8, 4) is 6.07 Å². The number of nitriles is 1. The standard InChI is InChI=1S/C13H14N4O6S/c1-24(22,23)11(13(19)15-7-6-14)8-16-12(18)9-4-2-3-5-10(9)17(20)21/h2-5,11H,7-8H2,1H3,(H,15,19)(H,16,18). The van der Waals surface area contributed by atoms with Crippen molar-refractivity contribution in [1.29, 1.82) is 5.26 Å². The molecule has 2 amide bonds. The second-order valence-electron chi connectivity index (χ2n) is 4.68. The average Bonchev–Trinajstić information content (AvgIpc) is 2.51. The van der Waals surface area contributed by atoms with E-state index < -0.39 is 44.1 Å². The molecule has 0 aliphatic carbocycles. The molecule has 0 saturated heterocycles. The number of rotatable bonds is 7. The van der Waals surface area contributed by atoms with Gasteiger partial charge in [0.25, 0.3) is 11.6 Å². The van der Waals surface area contributed by atoms with Crippen LogP contribution in [0.15, 0.2) is 24.3 Å². The van der Waals surface area contributed by atoms with Gasteiger partial charge in [0.15, 0.2) is 15.1 Å². The zero-order valence-corrected chi connectivity index (χ0v) is 13.4. The number of nitro benzene ring substituents is 1. The Morgan fingerprint density at radius 3 is 2.50 bits per heavy atom. The Morgan fingerprint density at radius 2 is 1.96 bits per heavy atom. The summed E-state index contributed by atoms with van der Waals surface area (Å²) in [5.41, 5.74) is -0.702. The molecule has 2 N–H and O–H groups in total. The van der Waals surface area contributed by atoms with Crippen molar-refractivity contribution in [2.75, 3.05) is 19.3 Å². The number of benzene rings is 1. The van der Waals surface area contributed by atoms with E-state index in [1.165, 1.54) is 18.2 Å². The molecule has 0 aliphatic heterocycles. The number of amides is 2. The number of carbonyl (C=O) groups is 2. The first-order valence-corrected chi connectivity index (χ1v) is 8.49. The molecule has 1 aromatic carbocycles. The van der Waals surface area contributed by atoms with Crippen molar-refractivity contribution >= 4 is 27.3 Å². The third kappa shape index (κ3) is 5.03. The van der Waals surface area contributed by atoms with E-state index in [9.17, 15) is 28.1 Å². The fraction of sp³-hybridized carbons (Fsp3) is 0.308. The topological polar surface area (TPSA) is 159 Å². The summed E-state index contributed by atoms with van der Waals surface area (Å²) >= 11 is 0. The van der Waals surface area contributed by atoms with Gasteiger partial charge in [-0.05, 0) is 6.07 Å². The number of nitrogens with one attached hydrogen (secondary N) is 2. The summed E-state index contributed by atoms with van der Waals surface area (Å²) in [6.07, 6.45) is 0.806. The largest absolute Gasteiger partial charge is 0.350 e. The van der Waals surface area contributed by atoms with Crippen LogP contribution in [-0.4, -0.2) is 49.8 Å². The molecule has 11 heteroatoms. The lowest BCUT2D eigenvalue weighted by Crippen LogP contribution is -2.47. The van der Waals surface area contributed by atoms with Crippen LogP contribution in [0.2, 0.25) is 0 Å². The minimum atomic E-state index is -3.87. The molecule has 1 unspecified atom stereocenters. The maximum atomic E-state index is 12.0. The van der Waals surface area contributed by atoms with Crippen molar-refractivity contribution in [3.05, 3.63) is 39.9 Å². The van der Waals surface area contributed by atoms with Crippen LogP contribution in [0.25, 0.3) is 0 Å². The minimum Gasteiger partial charge on any atom is -0.350 e. The highest BCUT2D eigenvalue weighted by Gasteiger charge is 2.30. The van der Waals surface area contributed by atoms with Crippen LogP contribution in [0, 0.1) is 21.4 Å². The molecule has 128 valence electrons. The van der Waals surface area contributed by atoms with Gasteiger partial charge in [-0.15, -0.1) is 0 Å². The molecule has 0 spiro atoms. The van der Waals surface area contributed by atoms with Crippen LogP contribution >= 0.6 is 0 Å². The number of hydrogen-bond donors (Lipinski definition) is 2. The Balaban J connectivity index is 2.92. The van der Waals surface area contributed by atoms with Crippen LogP contribution in [0.1, 0.15) is 10.4 Å². The van der Waals surface area contributed by atoms with E-state index in [2.05, 4.69) is 10.6 Å². The minimum absolute atomic E-state index is 0.257. The molecular formula is C13H14N4O6S. The van der Waals surface area contributed by atoms with Crippen molar-refractivity contribution in [2.24, 2.45) is 0 Å². The monoisotopic (exact) mass is 354 g/mol. The first-order chi connectivity index (χ1) is 11.2. The van der Waals surface area contributed by atoms with Crippen LogP contribution < -0.4 is 10.6 Å². The lowest BCUT2D eigenvalue weighted by atomic mass is 10.1. The maximum Gasteiger partial charge on any atom is 0.282 e. The Hall–Kier alpha value is -3.00. The van der Waals surface area contributed by atoms with Gasteiger partial charge in [0.05, 0.1) is 11.0 Å². The van der Waals surface area contributed by atoms with E-state index in [0.29, 0.717) is 0 Å². The van der Waals surface area contributed by atoms with Crippen LogP contribution in [0.4, 0.5) is 5.69 Å². The second kappa shape index (κ2) is 8.02. The highest BCUT2D eigenvalue weighted by molar-refractivity contribution is 7.92. The summed E-state index contributed by atoms with van der Waals surface area (Å²) in [5.74, 6) is -1.83. The fourth-order valence-electron chi connectivity index (χ4n) is 1.78. The molecule has 1 aromatic rings. The summed E-state index contributed by atoms with van der Waals surface area (Å²) < 4.78 is 23.3. The van der Waals surface area contributed by atoms with E-state index in [1.54, 1.807) is 6.07 Å². The first-order valence-electron chi connectivity index (χ1n) is 6.53. The predicted molar refractivity (Wildman–Crippen MR) is 82.7 cm³/mol. The number of carbonyl (C=O) groups excluding carboxylic acids is 2. The zero-order valence-electron chi connectivity index (χ0n) is 12.6.